The highest BCUT2D eigenvalue weighted by atomic mass is 16.4. The maximum absolute atomic E-state index is 10.9. The first-order chi connectivity index (χ1) is 9.15. The lowest BCUT2D eigenvalue weighted by atomic mass is 10.0. The molecule has 1 aromatic carbocycles. The summed E-state index contributed by atoms with van der Waals surface area (Å²) in [6.07, 6.45) is 2.98. The van der Waals surface area contributed by atoms with Crippen molar-refractivity contribution in [2.45, 2.75) is 6.42 Å². The van der Waals surface area contributed by atoms with Gasteiger partial charge in [0.1, 0.15) is 5.52 Å². The number of benzene rings is 1. The molecule has 96 valence electrons. The van der Waals surface area contributed by atoms with E-state index < -0.39 is 5.97 Å². The Morgan fingerprint density at radius 1 is 1.47 bits per heavy atom. The van der Waals surface area contributed by atoms with Gasteiger partial charge in [-0.05, 0) is 17.7 Å². The predicted octanol–water partition coefficient (Wildman–Crippen LogP) is 1.86. The molecule has 1 N–H and O–H groups in total. The van der Waals surface area contributed by atoms with Crippen LogP contribution in [-0.4, -0.2) is 25.8 Å². The van der Waals surface area contributed by atoms with E-state index in [0.717, 1.165) is 16.6 Å². The van der Waals surface area contributed by atoms with Gasteiger partial charge in [-0.25, -0.2) is 4.98 Å². The van der Waals surface area contributed by atoms with E-state index in [0.29, 0.717) is 11.3 Å². The molecule has 0 spiro atoms. The van der Waals surface area contributed by atoms with Crippen LogP contribution in [0.15, 0.2) is 35.2 Å². The molecule has 0 radical (unpaired) electrons. The average molecular weight is 257 g/mol. The van der Waals surface area contributed by atoms with Crippen molar-refractivity contribution >= 4 is 17.1 Å². The third kappa shape index (κ3) is 1.97. The minimum absolute atomic E-state index is 0.0692. The first-order valence-electron chi connectivity index (χ1n) is 5.71. The molecule has 0 saturated heterocycles. The summed E-state index contributed by atoms with van der Waals surface area (Å²) >= 11 is 0. The quantitative estimate of drug-likeness (QED) is 0.774. The van der Waals surface area contributed by atoms with Crippen LogP contribution in [-0.2, 0) is 18.3 Å². The van der Waals surface area contributed by atoms with Gasteiger partial charge in [-0.1, -0.05) is 6.07 Å². The summed E-state index contributed by atoms with van der Waals surface area (Å²) < 4.78 is 6.83. The summed E-state index contributed by atoms with van der Waals surface area (Å²) in [5.41, 5.74) is 3.76. The van der Waals surface area contributed by atoms with Gasteiger partial charge in [0.2, 0.25) is 0 Å². The van der Waals surface area contributed by atoms with Crippen molar-refractivity contribution in [1.82, 2.24) is 14.8 Å². The molecular formula is C13H11N3O3. The van der Waals surface area contributed by atoms with Gasteiger partial charge in [0.15, 0.2) is 12.0 Å². The lowest BCUT2D eigenvalue weighted by molar-refractivity contribution is -0.136. The number of aliphatic carboxylic acids is 1. The molecule has 0 aliphatic rings. The molecule has 0 amide bonds. The Morgan fingerprint density at radius 3 is 3.11 bits per heavy atom. The molecule has 2 heterocycles. The molecule has 19 heavy (non-hydrogen) atoms. The number of carboxylic acid groups (broad SMARTS) is 1. The fraction of sp³-hybridized carbons (Fsp3) is 0.154. The Labute approximate surface area is 108 Å². The lowest BCUT2D eigenvalue weighted by Gasteiger charge is -2.03. The highest BCUT2D eigenvalue weighted by molar-refractivity contribution is 5.82. The summed E-state index contributed by atoms with van der Waals surface area (Å²) in [5.74, 6) is -0.884. The molecule has 0 aliphatic heterocycles. The molecule has 0 atom stereocenters. The largest absolute Gasteiger partial charge is 0.481 e. The van der Waals surface area contributed by atoms with E-state index in [1.165, 1.54) is 6.39 Å². The Hall–Kier alpha value is -2.63. The molecular weight excluding hydrogens is 246 g/mol. The second-order valence-electron chi connectivity index (χ2n) is 4.23. The minimum atomic E-state index is -0.884. The number of fused-ring (bicyclic) bond motifs is 1. The normalized spacial score (nSPS) is 11.0. The highest BCUT2D eigenvalue weighted by Crippen LogP contribution is 2.26. The second kappa shape index (κ2) is 4.24. The number of aryl methyl sites for hydroxylation is 1. The maximum atomic E-state index is 10.9. The lowest BCUT2D eigenvalue weighted by Crippen LogP contribution is -2.07. The minimum Gasteiger partial charge on any atom is -0.481 e. The highest BCUT2D eigenvalue weighted by Gasteiger charge is 2.14. The molecule has 0 bridgehead atoms. The van der Waals surface area contributed by atoms with Gasteiger partial charge in [-0.2, -0.15) is 5.10 Å². The van der Waals surface area contributed by atoms with Crippen LogP contribution in [0.5, 0.6) is 0 Å². The number of aromatic nitrogens is 3. The Balaban J connectivity index is 2.12. The van der Waals surface area contributed by atoms with Gasteiger partial charge in [0, 0.05) is 12.6 Å². The van der Waals surface area contributed by atoms with E-state index in [-0.39, 0.29) is 6.42 Å². The van der Waals surface area contributed by atoms with E-state index in [2.05, 4.69) is 10.1 Å². The van der Waals surface area contributed by atoms with Crippen LogP contribution in [0.4, 0.5) is 0 Å². The molecule has 3 aromatic rings. The van der Waals surface area contributed by atoms with Crippen LogP contribution in [0.2, 0.25) is 0 Å². The van der Waals surface area contributed by atoms with Crippen LogP contribution >= 0.6 is 0 Å². The third-order valence-electron chi connectivity index (χ3n) is 3.02. The summed E-state index contributed by atoms with van der Waals surface area (Å²) in [6.45, 7) is 0. The van der Waals surface area contributed by atoms with Crippen molar-refractivity contribution in [2.75, 3.05) is 0 Å². The molecule has 2 aromatic heterocycles. The number of carboxylic acids is 1. The molecule has 6 nitrogen and oxygen atoms in total. The van der Waals surface area contributed by atoms with Crippen molar-refractivity contribution in [3.8, 4) is 11.1 Å². The zero-order chi connectivity index (χ0) is 13.4. The van der Waals surface area contributed by atoms with Crippen molar-refractivity contribution in [2.24, 2.45) is 7.05 Å². The first-order valence-corrected chi connectivity index (χ1v) is 5.71. The van der Waals surface area contributed by atoms with Crippen LogP contribution < -0.4 is 0 Å². The Morgan fingerprint density at radius 2 is 2.32 bits per heavy atom. The van der Waals surface area contributed by atoms with Gasteiger partial charge in [0.25, 0.3) is 0 Å². The van der Waals surface area contributed by atoms with Crippen molar-refractivity contribution in [1.29, 1.82) is 0 Å². The van der Waals surface area contributed by atoms with Crippen LogP contribution in [0.1, 0.15) is 5.69 Å². The van der Waals surface area contributed by atoms with Crippen LogP contribution in [0.25, 0.3) is 22.2 Å². The summed E-state index contributed by atoms with van der Waals surface area (Å²) in [7, 11) is 1.73. The molecule has 3 rings (SSSR count). The Bertz CT molecular complexity index is 757. The topological polar surface area (TPSA) is 81.2 Å². The number of hydrogen-bond donors (Lipinski definition) is 1. The van der Waals surface area contributed by atoms with Gasteiger partial charge in [-0.3, -0.25) is 9.48 Å². The summed E-state index contributed by atoms with van der Waals surface area (Å²) in [5, 5.41) is 13.1. The fourth-order valence-corrected chi connectivity index (χ4v) is 2.08. The van der Waals surface area contributed by atoms with Crippen molar-refractivity contribution in [3.63, 3.8) is 0 Å². The fourth-order valence-electron chi connectivity index (χ4n) is 2.08. The predicted molar refractivity (Wildman–Crippen MR) is 67.6 cm³/mol. The molecule has 0 aliphatic carbocycles. The number of rotatable bonds is 3. The third-order valence-corrected chi connectivity index (χ3v) is 3.02. The van der Waals surface area contributed by atoms with E-state index >= 15 is 0 Å². The molecule has 0 saturated carbocycles. The number of carbonyl (C=O) groups is 1. The van der Waals surface area contributed by atoms with Gasteiger partial charge >= 0.3 is 5.97 Å². The van der Waals surface area contributed by atoms with E-state index in [1.807, 2.05) is 18.2 Å². The first kappa shape index (κ1) is 11.5. The van der Waals surface area contributed by atoms with Gasteiger partial charge < -0.3 is 9.52 Å². The Kier molecular flexibility index (Phi) is 2.56. The standard InChI is InChI=1S/C13H11N3O3/c1-16-11(5-13(17)18)9(6-15-16)8-2-3-10-12(4-8)19-7-14-10/h2-4,6-7H,5H2,1H3,(H,17,18). The van der Waals surface area contributed by atoms with Crippen LogP contribution in [0, 0.1) is 0 Å². The zero-order valence-electron chi connectivity index (χ0n) is 10.2. The van der Waals surface area contributed by atoms with E-state index in [1.54, 1.807) is 17.9 Å². The van der Waals surface area contributed by atoms with Gasteiger partial charge in [0.05, 0.1) is 18.3 Å². The summed E-state index contributed by atoms with van der Waals surface area (Å²) in [6, 6.07) is 5.56. The molecule has 0 fully saturated rings. The van der Waals surface area contributed by atoms with Crippen LogP contribution in [0.3, 0.4) is 0 Å². The van der Waals surface area contributed by atoms with E-state index in [9.17, 15) is 4.79 Å². The van der Waals surface area contributed by atoms with Crippen molar-refractivity contribution in [3.05, 3.63) is 36.5 Å². The maximum Gasteiger partial charge on any atom is 0.309 e. The number of oxazole rings is 1. The molecule has 6 heteroatoms. The second-order valence-corrected chi connectivity index (χ2v) is 4.23. The number of hydrogen-bond acceptors (Lipinski definition) is 4. The van der Waals surface area contributed by atoms with Gasteiger partial charge in [-0.15, -0.1) is 0 Å². The molecule has 0 unspecified atom stereocenters. The SMILES string of the molecule is Cn1ncc(-c2ccc3ncoc3c2)c1CC(=O)O. The monoisotopic (exact) mass is 257 g/mol. The average Bonchev–Trinajstić information content (AvgIpc) is 2.96. The zero-order valence-corrected chi connectivity index (χ0v) is 10.2. The van der Waals surface area contributed by atoms with Crippen molar-refractivity contribution < 1.29 is 14.3 Å². The van der Waals surface area contributed by atoms with E-state index in [4.69, 9.17) is 9.52 Å². The summed E-state index contributed by atoms with van der Waals surface area (Å²) in [4.78, 5) is 15.0. The number of nitrogens with zero attached hydrogens (tertiary/aromatic N) is 3. The smallest absolute Gasteiger partial charge is 0.309 e.